The Hall–Kier alpha value is -2.12. The number of hydrogen-bond acceptors (Lipinski definition) is 5. The monoisotopic (exact) mass is 274 g/mol. The number of halogens is 2. The predicted octanol–water partition coefficient (Wildman–Crippen LogP) is 2.34. The van der Waals surface area contributed by atoms with Gasteiger partial charge in [0.25, 0.3) is 12.1 Å². The summed E-state index contributed by atoms with van der Waals surface area (Å²) < 4.78 is 30.1. The SMILES string of the molecule is CCOC(=O)Cc1cc([N+](=O)[O-])c(C)c(C(F)F)n1. The average molecular weight is 274 g/mol. The molecule has 0 aliphatic carbocycles. The standard InChI is InChI=1S/C11H12F2N2O4/c1-3-19-9(16)5-7-4-8(15(17)18)6(2)10(14-7)11(12)13/h4,11H,3,5H2,1-2H3. The van der Waals surface area contributed by atoms with Gasteiger partial charge < -0.3 is 4.74 Å². The first kappa shape index (κ1) is 14.9. The maximum Gasteiger partial charge on any atom is 0.311 e. The number of carbonyl (C=O) groups is 1. The third-order valence-corrected chi connectivity index (χ3v) is 2.37. The van der Waals surface area contributed by atoms with E-state index in [4.69, 9.17) is 0 Å². The first-order valence-corrected chi connectivity index (χ1v) is 5.45. The number of carbonyl (C=O) groups excluding carboxylic acids is 1. The van der Waals surface area contributed by atoms with E-state index in [9.17, 15) is 23.7 Å². The fourth-order valence-electron chi connectivity index (χ4n) is 1.52. The second-order valence-corrected chi connectivity index (χ2v) is 3.68. The molecule has 0 N–H and O–H groups in total. The van der Waals surface area contributed by atoms with Crippen LogP contribution in [0, 0.1) is 17.0 Å². The van der Waals surface area contributed by atoms with Crippen LogP contribution in [0.2, 0.25) is 0 Å². The van der Waals surface area contributed by atoms with Crippen molar-refractivity contribution in [2.45, 2.75) is 26.7 Å². The molecule has 1 aromatic rings. The van der Waals surface area contributed by atoms with Crippen molar-refractivity contribution >= 4 is 11.7 Å². The second-order valence-electron chi connectivity index (χ2n) is 3.68. The number of rotatable bonds is 5. The van der Waals surface area contributed by atoms with Crippen LogP contribution in [0.4, 0.5) is 14.5 Å². The lowest BCUT2D eigenvalue weighted by molar-refractivity contribution is -0.385. The largest absolute Gasteiger partial charge is 0.466 e. The van der Waals surface area contributed by atoms with Crippen LogP contribution in [-0.2, 0) is 16.0 Å². The molecule has 0 saturated heterocycles. The highest BCUT2D eigenvalue weighted by Gasteiger charge is 2.23. The van der Waals surface area contributed by atoms with Gasteiger partial charge >= 0.3 is 5.97 Å². The van der Waals surface area contributed by atoms with E-state index in [0.29, 0.717) is 0 Å². The van der Waals surface area contributed by atoms with E-state index in [1.165, 1.54) is 6.92 Å². The number of pyridine rings is 1. The summed E-state index contributed by atoms with van der Waals surface area (Å²) in [7, 11) is 0. The van der Waals surface area contributed by atoms with Gasteiger partial charge in [-0.2, -0.15) is 0 Å². The van der Waals surface area contributed by atoms with Crippen LogP contribution >= 0.6 is 0 Å². The number of alkyl halides is 2. The summed E-state index contributed by atoms with van der Waals surface area (Å²) in [6.45, 7) is 2.92. The zero-order valence-electron chi connectivity index (χ0n) is 10.4. The Balaban J connectivity index is 3.19. The molecule has 0 unspecified atom stereocenters. The Bertz CT molecular complexity index is 506. The lowest BCUT2D eigenvalue weighted by atomic mass is 10.1. The van der Waals surface area contributed by atoms with Gasteiger partial charge in [-0.05, 0) is 13.8 Å². The molecule has 0 aliphatic heterocycles. The molecule has 0 aromatic carbocycles. The molecular weight excluding hydrogens is 262 g/mol. The van der Waals surface area contributed by atoms with Crippen molar-refractivity contribution in [1.82, 2.24) is 4.98 Å². The van der Waals surface area contributed by atoms with E-state index in [1.54, 1.807) is 6.92 Å². The van der Waals surface area contributed by atoms with Crippen LogP contribution in [0.25, 0.3) is 0 Å². The van der Waals surface area contributed by atoms with Gasteiger partial charge in [0.1, 0.15) is 5.69 Å². The quantitative estimate of drug-likeness (QED) is 0.467. The molecule has 0 radical (unpaired) electrons. The Morgan fingerprint density at radius 3 is 2.68 bits per heavy atom. The lowest BCUT2D eigenvalue weighted by Crippen LogP contribution is -2.11. The summed E-state index contributed by atoms with van der Waals surface area (Å²) >= 11 is 0. The number of nitro groups is 1. The topological polar surface area (TPSA) is 82.3 Å². The van der Waals surface area contributed by atoms with Gasteiger partial charge in [-0.15, -0.1) is 0 Å². The zero-order valence-corrected chi connectivity index (χ0v) is 10.4. The van der Waals surface area contributed by atoms with Crippen LogP contribution in [-0.4, -0.2) is 22.5 Å². The van der Waals surface area contributed by atoms with E-state index in [-0.39, 0.29) is 24.3 Å². The number of hydrogen-bond donors (Lipinski definition) is 0. The Morgan fingerprint density at radius 1 is 1.58 bits per heavy atom. The van der Waals surface area contributed by atoms with E-state index in [1.807, 2.05) is 0 Å². The normalized spacial score (nSPS) is 10.6. The molecule has 0 atom stereocenters. The highest BCUT2D eigenvalue weighted by molar-refractivity contribution is 5.72. The summed E-state index contributed by atoms with van der Waals surface area (Å²) in [6, 6.07) is 1.01. The number of esters is 1. The fraction of sp³-hybridized carbons (Fsp3) is 0.455. The summed E-state index contributed by atoms with van der Waals surface area (Å²) in [5.41, 5.74) is -1.48. The van der Waals surface area contributed by atoms with E-state index in [0.717, 1.165) is 6.07 Å². The molecule has 1 heterocycles. The van der Waals surface area contributed by atoms with Crippen molar-refractivity contribution in [1.29, 1.82) is 0 Å². The zero-order chi connectivity index (χ0) is 14.6. The molecular formula is C11H12F2N2O4. The maximum absolute atomic E-state index is 12.7. The van der Waals surface area contributed by atoms with Crippen LogP contribution in [0.1, 0.15) is 30.3 Å². The lowest BCUT2D eigenvalue weighted by Gasteiger charge is -2.08. The first-order chi connectivity index (χ1) is 8.86. The molecule has 1 aromatic heterocycles. The molecule has 8 heteroatoms. The smallest absolute Gasteiger partial charge is 0.311 e. The summed E-state index contributed by atoms with van der Waals surface area (Å²) in [6.07, 6.45) is -3.32. The number of ether oxygens (including phenoxy) is 1. The van der Waals surface area contributed by atoms with Crippen molar-refractivity contribution in [3.63, 3.8) is 0 Å². The van der Waals surface area contributed by atoms with Gasteiger partial charge in [-0.3, -0.25) is 19.9 Å². The Kier molecular flexibility index (Phi) is 4.85. The van der Waals surface area contributed by atoms with E-state index >= 15 is 0 Å². The van der Waals surface area contributed by atoms with Gasteiger partial charge in [0, 0.05) is 6.07 Å². The fourth-order valence-corrected chi connectivity index (χ4v) is 1.52. The van der Waals surface area contributed by atoms with Crippen molar-refractivity contribution in [3.05, 3.63) is 33.1 Å². The molecule has 0 amide bonds. The van der Waals surface area contributed by atoms with Crippen LogP contribution in [0.15, 0.2) is 6.07 Å². The van der Waals surface area contributed by atoms with Gasteiger partial charge in [0.2, 0.25) is 0 Å². The highest BCUT2D eigenvalue weighted by atomic mass is 19.3. The minimum absolute atomic E-state index is 0.106. The van der Waals surface area contributed by atoms with E-state index in [2.05, 4.69) is 9.72 Å². The van der Waals surface area contributed by atoms with Crippen molar-refractivity contribution in [2.75, 3.05) is 6.61 Å². The minimum atomic E-state index is -2.94. The second kappa shape index (κ2) is 6.17. The van der Waals surface area contributed by atoms with Gasteiger partial charge in [0.05, 0.1) is 29.2 Å². The first-order valence-electron chi connectivity index (χ1n) is 5.45. The van der Waals surface area contributed by atoms with Crippen molar-refractivity contribution in [2.24, 2.45) is 0 Å². The molecule has 0 aliphatic rings. The summed E-state index contributed by atoms with van der Waals surface area (Å²) in [5, 5.41) is 10.8. The van der Waals surface area contributed by atoms with E-state index < -0.39 is 28.7 Å². The molecule has 0 fully saturated rings. The van der Waals surface area contributed by atoms with Gasteiger partial charge in [0.15, 0.2) is 0 Å². The molecule has 0 bridgehead atoms. The highest BCUT2D eigenvalue weighted by Crippen LogP contribution is 2.28. The average Bonchev–Trinajstić information content (AvgIpc) is 2.30. The third-order valence-electron chi connectivity index (χ3n) is 2.37. The van der Waals surface area contributed by atoms with Crippen LogP contribution in [0.3, 0.4) is 0 Å². The molecule has 104 valence electrons. The number of nitrogens with zero attached hydrogens (tertiary/aromatic N) is 2. The Morgan fingerprint density at radius 2 is 2.21 bits per heavy atom. The van der Waals surface area contributed by atoms with Crippen LogP contribution in [0.5, 0.6) is 0 Å². The Labute approximate surface area is 107 Å². The molecule has 0 spiro atoms. The van der Waals surface area contributed by atoms with Gasteiger partial charge in [-0.25, -0.2) is 8.78 Å². The van der Waals surface area contributed by atoms with Crippen molar-refractivity contribution < 1.29 is 23.2 Å². The molecule has 6 nitrogen and oxygen atoms in total. The third kappa shape index (κ3) is 3.67. The summed E-state index contributed by atoms with van der Waals surface area (Å²) in [5.74, 6) is -0.673. The minimum Gasteiger partial charge on any atom is -0.466 e. The number of aromatic nitrogens is 1. The predicted molar refractivity (Wildman–Crippen MR) is 60.9 cm³/mol. The maximum atomic E-state index is 12.7. The van der Waals surface area contributed by atoms with Crippen LogP contribution < -0.4 is 0 Å². The molecule has 1 rings (SSSR count). The summed E-state index contributed by atoms with van der Waals surface area (Å²) in [4.78, 5) is 24.8. The molecule has 0 saturated carbocycles. The van der Waals surface area contributed by atoms with Gasteiger partial charge in [-0.1, -0.05) is 0 Å². The molecule has 19 heavy (non-hydrogen) atoms. The van der Waals surface area contributed by atoms with Crippen molar-refractivity contribution in [3.8, 4) is 0 Å².